The van der Waals surface area contributed by atoms with E-state index in [0.29, 0.717) is 6.42 Å². The van der Waals surface area contributed by atoms with Crippen LogP contribution in [0.3, 0.4) is 0 Å². The molecule has 0 radical (unpaired) electrons. The van der Waals surface area contributed by atoms with Crippen LogP contribution in [-0.2, 0) is 23.1 Å². The normalized spacial score (nSPS) is 28.6. The van der Waals surface area contributed by atoms with Crippen molar-refractivity contribution < 1.29 is 28.0 Å². The number of carbonyl (C=O) groups excluding carboxylic acids is 1. The number of rotatable bonds is 17. The summed E-state index contributed by atoms with van der Waals surface area (Å²) >= 11 is 0. The Balaban J connectivity index is 1.30. The largest absolute Gasteiger partial charge is 0.472 e. The van der Waals surface area contributed by atoms with Crippen molar-refractivity contribution in [1.29, 1.82) is 0 Å². The Morgan fingerprint density at radius 2 is 1.55 bits per heavy atom. The van der Waals surface area contributed by atoms with Gasteiger partial charge in [0.15, 0.2) is 0 Å². The maximum atomic E-state index is 11.7. The highest BCUT2D eigenvalue weighted by molar-refractivity contribution is 7.47. The van der Waals surface area contributed by atoms with Gasteiger partial charge in [0.1, 0.15) is 12.7 Å². The Bertz CT molecular complexity index is 512. The van der Waals surface area contributed by atoms with Gasteiger partial charge in [-0.2, -0.15) is 0 Å². The maximum absolute atomic E-state index is 11.7. The highest BCUT2D eigenvalue weighted by Crippen LogP contribution is 2.49. The number of esters is 1. The first kappa shape index (κ1) is 24.8. The average molecular weight is 433 g/mol. The summed E-state index contributed by atoms with van der Waals surface area (Å²) in [5, 5.41) is 0. The Labute approximate surface area is 176 Å². The zero-order chi connectivity index (χ0) is 21.0. The molecule has 7 heteroatoms. The second-order valence-corrected chi connectivity index (χ2v) is 10.2. The second kappa shape index (κ2) is 13.8. The summed E-state index contributed by atoms with van der Waals surface area (Å²) in [6.45, 7) is 2.24. The zero-order valence-electron chi connectivity index (χ0n) is 18.2. The van der Waals surface area contributed by atoms with Gasteiger partial charge in [-0.1, -0.05) is 84.0 Å². The van der Waals surface area contributed by atoms with E-state index in [-0.39, 0.29) is 19.2 Å². The standard InChI is InChI=1S/C22H41O6P/c1-2-3-4-10-13-19-16-20(19)14-11-8-6-5-7-9-12-15-22(23)26-17-21-18-27-29(24,25)28-21/h19-21H,2-18H2,1H3,(H,24,25)/t19?,20?,21-/m1/s1. The van der Waals surface area contributed by atoms with Crippen molar-refractivity contribution in [2.75, 3.05) is 13.2 Å². The third-order valence-electron chi connectivity index (χ3n) is 6.09. The highest BCUT2D eigenvalue weighted by atomic mass is 31.2. The van der Waals surface area contributed by atoms with Crippen molar-refractivity contribution >= 4 is 13.8 Å². The van der Waals surface area contributed by atoms with Crippen LogP contribution in [0.5, 0.6) is 0 Å². The second-order valence-electron chi connectivity index (χ2n) is 8.79. The summed E-state index contributed by atoms with van der Waals surface area (Å²) in [6, 6.07) is 0. The lowest BCUT2D eigenvalue weighted by Gasteiger charge is -2.08. The van der Waals surface area contributed by atoms with Gasteiger partial charge in [0.2, 0.25) is 0 Å². The van der Waals surface area contributed by atoms with Gasteiger partial charge < -0.3 is 9.63 Å². The third kappa shape index (κ3) is 11.5. The van der Waals surface area contributed by atoms with Crippen molar-refractivity contribution in [1.82, 2.24) is 0 Å². The minimum Gasteiger partial charge on any atom is -0.463 e. The summed E-state index contributed by atoms with van der Waals surface area (Å²) < 4.78 is 25.5. The maximum Gasteiger partial charge on any atom is 0.472 e. The van der Waals surface area contributed by atoms with Crippen LogP contribution >= 0.6 is 7.82 Å². The molecule has 2 fully saturated rings. The van der Waals surface area contributed by atoms with Gasteiger partial charge in [-0.15, -0.1) is 0 Å². The molecule has 29 heavy (non-hydrogen) atoms. The van der Waals surface area contributed by atoms with Gasteiger partial charge in [0.05, 0.1) is 6.61 Å². The molecule has 0 aromatic carbocycles. The Morgan fingerprint density at radius 3 is 2.14 bits per heavy atom. The molecule has 0 spiro atoms. The number of carbonyl (C=O) groups is 1. The van der Waals surface area contributed by atoms with Crippen LogP contribution in [0.15, 0.2) is 0 Å². The van der Waals surface area contributed by atoms with Crippen LogP contribution in [-0.4, -0.2) is 30.2 Å². The number of hydrogen-bond donors (Lipinski definition) is 1. The number of unbranched alkanes of at least 4 members (excludes halogenated alkanes) is 9. The molecule has 3 unspecified atom stereocenters. The number of ether oxygens (including phenoxy) is 1. The zero-order valence-corrected chi connectivity index (χ0v) is 19.1. The average Bonchev–Trinajstić information content (AvgIpc) is 3.34. The number of hydrogen-bond acceptors (Lipinski definition) is 5. The summed E-state index contributed by atoms with van der Waals surface area (Å²) in [5.41, 5.74) is 0. The van der Waals surface area contributed by atoms with Gasteiger partial charge in [0, 0.05) is 6.42 Å². The molecule has 1 saturated heterocycles. The topological polar surface area (TPSA) is 82.1 Å². The van der Waals surface area contributed by atoms with E-state index in [4.69, 9.17) is 14.2 Å². The van der Waals surface area contributed by atoms with E-state index in [9.17, 15) is 9.36 Å². The molecule has 0 bridgehead atoms. The molecule has 0 aromatic rings. The van der Waals surface area contributed by atoms with Crippen LogP contribution in [0.4, 0.5) is 0 Å². The predicted molar refractivity (Wildman–Crippen MR) is 114 cm³/mol. The van der Waals surface area contributed by atoms with Crippen molar-refractivity contribution in [2.24, 2.45) is 11.8 Å². The van der Waals surface area contributed by atoms with E-state index in [1.54, 1.807) is 0 Å². The SMILES string of the molecule is CCCCCCC1CC1CCCCCCCCCC(=O)OC[C@@H]1COP(=O)(O)O1. The van der Waals surface area contributed by atoms with E-state index in [2.05, 4.69) is 11.4 Å². The van der Waals surface area contributed by atoms with E-state index in [0.717, 1.165) is 24.7 Å². The van der Waals surface area contributed by atoms with Crippen LogP contribution in [0.25, 0.3) is 0 Å². The van der Waals surface area contributed by atoms with Gasteiger partial charge in [-0.25, -0.2) is 4.57 Å². The van der Waals surface area contributed by atoms with Crippen molar-refractivity contribution in [3.63, 3.8) is 0 Å². The van der Waals surface area contributed by atoms with Crippen LogP contribution < -0.4 is 0 Å². The molecule has 4 atom stereocenters. The van der Waals surface area contributed by atoms with E-state index in [1.807, 2.05) is 0 Å². The van der Waals surface area contributed by atoms with Crippen molar-refractivity contribution in [3.8, 4) is 0 Å². The molecule has 1 heterocycles. The smallest absolute Gasteiger partial charge is 0.463 e. The fourth-order valence-electron chi connectivity index (χ4n) is 4.17. The summed E-state index contributed by atoms with van der Waals surface area (Å²) in [7, 11) is -3.91. The Morgan fingerprint density at radius 1 is 0.966 bits per heavy atom. The lowest BCUT2D eigenvalue weighted by molar-refractivity contribution is -0.146. The van der Waals surface area contributed by atoms with Gasteiger partial charge in [0.25, 0.3) is 0 Å². The summed E-state index contributed by atoms with van der Waals surface area (Å²) in [6.07, 6.45) is 18.1. The first-order chi connectivity index (χ1) is 14.0. The molecule has 0 amide bonds. The Hall–Kier alpha value is -0.420. The molecule has 2 rings (SSSR count). The van der Waals surface area contributed by atoms with E-state index in [1.165, 1.54) is 77.0 Å². The lowest BCUT2D eigenvalue weighted by Crippen LogP contribution is -2.20. The fraction of sp³-hybridized carbons (Fsp3) is 0.955. The van der Waals surface area contributed by atoms with Gasteiger partial charge >= 0.3 is 13.8 Å². The lowest BCUT2D eigenvalue weighted by atomic mass is 10.0. The molecule has 170 valence electrons. The molecule has 1 aliphatic carbocycles. The molecular weight excluding hydrogens is 391 g/mol. The van der Waals surface area contributed by atoms with Crippen molar-refractivity contribution in [2.45, 2.75) is 109 Å². The monoisotopic (exact) mass is 432 g/mol. The number of phosphoric acid groups is 1. The van der Waals surface area contributed by atoms with Crippen molar-refractivity contribution in [3.05, 3.63) is 0 Å². The molecule has 2 aliphatic rings. The quantitative estimate of drug-likeness (QED) is 0.168. The molecule has 1 N–H and O–H groups in total. The Kier molecular flexibility index (Phi) is 11.8. The number of phosphoric ester groups is 1. The predicted octanol–water partition coefficient (Wildman–Crippen LogP) is 6.16. The summed E-state index contributed by atoms with van der Waals surface area (Å²) in [4.78, 5) is 20.7. The minimum absolute atomic E-state index is 0.0125. The van der Waals surface area contributed by atoms with E-state index < -0.39 is 13.9 Å². The molecule has 6 nitrogen and oxygen atoms in total. The minimum atomic E-state index is -3.91. The van der Waals surface area contributed by atoms with Crippen LogP contribution in [0.1, 0.15) is 103 Å². The molecular formula is C22H41O6P. The first-order valence-corrected chi connectivity index (χ1v) is 13.3. The fourth-order valence-corrected chi connectivity index (χ4v) is 5.09. The van der Waals surface area contributed by atoms with Crippen LogP contribution in [0.2, 0.25) is 0 Å². The van der Waals surface area contributed by atoms with Crippen LogP contribution in [0, 0.1) is 11.8 Å². The molecule has 1 saturated carbocycles. The molecule has 1 aliphatic heterocycles. The highest BCUT2D eigenvalue weighted by Gasteiger charge is 2.36. The summed E-state index contributed by atoms with van der Waals surface area (Å²) in [5.74, 6) is 1.81. The first-order valence-electron chi connectivity index (χ1n) is 11.8. The molecule has 0 aromatic heterocycles. The third-order valence-corrected chi connectivity index (χ3v) is 7.13. The van der Waals surface area contributed by atoms with Gasteiger partial charge in [-0.3, -0.25) is 13.8 Å². The van der Waals surface area contributed by atoms with Gasteiger partial charge in [-0.05, 0) is 24.7 Å². The van der Waals surface area contributed by atoms with E-state index >= 15 is 0 Å².